The maximum Gasteiger partial charge on any atom is 0.248 e. The number of hydrogen-bond donors (Lipinski definition) is 3. The number of carbonyl (C=O) groups excluding carboxylic acids is 1. The molecular formula is C12H11Cl2N3OS. The molecule has 0 spiro atoms. The van der Waals surface area contributed by atoms with E-state index in [0.29, 0.717) is 32.0 Å². The smallest absolute Gasteiger partial charge is 0.248 e. The number of hydrogen-bond acceptors (Lipinski definition) is 2. The summed E-state index contributed by atoms with van der Waals surface area (Å²) in [5.74, 6) is -0.531. The predicted molar refractivity (Wildman–Crippen MR) is 80.0 cm³/mol. The first-order valence-corrected chi connectivity index (χ1v) is 6.59. The maximum absolute atomic E-state index is 11.6. The van der Waals surface area contributed by atoms with E-state index >= 15 is 0 Å². The lowest BCUT2D eigenvalue weighted by molar-refractivity contribution is -0.115. The number of rotatable bonds is 2. The van der Waals surface area contributed by atoms with E-state index < -0.39 is 11.9 Å². The third-order valence-corrected chi connectivity index (χ3v) is 3.59. The van der Waals surface area contributed by atoms with Gasteiger partial charge in [-0.25, -0.2) is 0 Å². The van der Waals surface area contributed by atoms with E-state index in [4.69, 9.17) is 41.2 Å². The molecule has 0 bridgehead atoms. The van der Waals surface area contributed by atoms with E-state index in [9.17, 15) is 4.79 Å². The van der Waals surface area contributed by atoms with Crippen LogP contribution in [0.4, 0.5) is 0 Å². The fourth-order valence-corrected chi connectivity index (χ4v) is 2.78. The molecule has 4 N–H and O–H groups in total. The highest BCUT2D eigenvalue weighted by atomic mass is 35.5. The van der Waals surface area contributed by atoms with Crippen LogP contribution in [-0.4, -0.2) is 11.0 Å². The van der Waals surface area contributed by atoms with E-state index in [1.807, 2.05) is 0 Å². The summed E-state index contributed by atoms with van der Waals surface area (Å²) in [5.41, 5.74) is 7.14. The Hall–Kier alpha value is -1.30. The van der Waals surface area contributed by atoms with Gasteiger partial charge < -0.3 is 16.4 Å². The van der Waals surface area contributed by atoms with Gasteiger partial charge in [0.05, 0.1) is 11.6 Å². The second-order valence-electron chi connectivity index (χ2n) is 4.10. The molecule has 1 aromatic carbocycles. The molecule has 1 heterocycles. The van der Waals surface area contributed by atoms with Gasteiger partial charge in [-0.1, -0.05) is 29.3 Å². The fraction of sp³-hybridized carbons (Fsp3) is 0.167. The Balaban J connectivity index is 2.55. The summed E-state index contributed by atoms with van der Waals surface area (Å²) in [6.07, 6.45) is 0. The van der Waals surface area contributed by atoms with E-state index in [1.165, 1.54) is 0 Å². The first kappa shape index (κ1) is 14.1. The normalized spacial score (nSPS) is 18.9. The highest BCUT2D eigenvalue weighted by Crippen LogP contribution is 2.32. The molecule has 4 nitrogen and oxygen atoms in total. The molecule has 0 fully saturated rings. The number of nitrogens with one attached hydrogen (secondary N) is 2. The second kappa shape index (κ2) is 5.36. The lowest BCUT2D eigenvalue weighted by atomic mass is 9.95. The van der Waals surface area contributed by atoms with E-state index in [2.05, 4.69) is 10.6 Å². The van der Waals surface area contributed by atoms with Gasteiger partial charge in [0.1, 0.15) is 0 Å². The molecule has 0 radical (unpaired) electrons. The minimum atomic E-state index is -0.531. The van der Waals surface area contributed by atoms with Crippen molar-refractivity contribution in [2.45, 2.75) is 13.0 Å². The van der Waals surface area contributed by atoms with Crippen LogP contribution in [-0.2, 0) is 4.79 Å². The van der Waals surface area contributed by atoms with Crippen LogP contribution in [0.25, 0.3) is 0 Å². The Morgan fingerprint density at radius 3 is 2.68 bits per heavy atom. The van der Waals surface area contributed by atoms with Gasteiger partial charge in [-0.2, -0.15) is 0 Å². The summed E-state index contributed by atoms with van der Waals surface area (Å²) < 4.78 is 0. The molecular weight excluding hydrogens is 305 g/mol. The molecule has 0 aliphatic carbocycles. The third kappa shape index (κ3) is 2.83. The highest BCUT2D eigenvalue weighted by molar-refractivity contribution is 7.80. The molecule has 7 heteroatoms. The Morgan fingerprint density at radius 2 is 2.11 bits per heavy atom. The Labute approximate surface area is 125 Å². The number of primary amides is 1. The molecule has 100 valence electrons. The number of amides is 1. The van der Waals surface area contributed by atoms with Crippen molar-refractivity contribution >= 4 is 46.4 Å². The zero-order valence-electron chi connectivity index (χ0n) is 9.96. The van der Waals surface area contributed by atoms with Gasteiger partial charge in [-0.15, -0.1) is 0 Å². The van der Waals surface area contributed by atoms with Gasteiger partial charge in [0.25, 0.3) is 0 Å². The Bertz CT molecular complexity index is 601. The maximum atomic E-state index is 11.6. The van der Waals surface area contributed by atoms with Gasteiger partial charge in [0, 0.05) is 15.7 Å². The van der Waals surface area contributed by atoms with Crippen LogP contribution in [0.1, 0.15) is 18.5 Å². The summed E-state index contributed by atoms with van der Waals surface area (Å²) in [5, 5.41) is 7.24. The number of carbonyl (C=O) groups is 1. The predicted octanol–water partition coefficient (Wildman–Crippen LogP) is 2.27. The van der Waals surface area contributed by atoms with Gasteiger partial charge in [-0.05, 0) is 36.8 Å². The van der Waals surface area contributed by atoms with Crippen molar-refractivity contribution in [3.05, 3.63) is 45.1 Å². The van der Waals surface area contributed by atoms with E-state index in [0.717, 1.165) is 0 Å². The number of nitrogens with two attached hydrogens (primary N) is 1. The molecule has 1 unspecified atom stereocenters. The first-order chi connectivity index (χ1) is 8.90. The molecule has 2 rings (SSSR count). The molecule has 0 aromatic heterocycles. The second-order valence-corrected chi connectivity index (χ2v) is 5.35. The average Bonchev–Trinajstić information content (AvgIpc) is 2.26. The van der Waals surface area contributed by atoms with Gasteiger partial charge in [0.15, 0.2) is 5.11 Å². The zero-order chi connectivity index (χ0) is 14.2. The summed E-state index contributed by atoms with van der Waals surface area (Å²) >= 11 is 17.1. The zero-order valence-corrected chi connectivity index (χ0v) is 12.3. The largest absolute Gasteiger partial charge is 0.366 e. The van der Waals surface area contributed by atoms with Gasteiger partial charge in [-0.3, -0.25) is 4.79 Å². The lowest BCUT2D eigenvalue weighted by Crippen LogP contribution is -2.46. The van der Waals surface area contributed by atoms with Crippen molar-refractivity contribution in [2.75, 3.05) is 0 Å². The van der Waals surface area contributed by atoms with Crippen LogP contribution >= 0.6 is 35.4 Å². The molecule has 1 amide bonds. The van der Waals surface area contributed by atoms with Crippen molar-refractivity contribution in [2.24, 2.45) is 5.73 Å². The molecule has 1 aliphatic heterocycles. The quantitative estimate of drug-likeness (QED) is 0.732. The van der Waals surface area contributed by atoms with Crippen LogP contribution in [0.5, 0.6) is 0 Å². The Morgan fingerprint density at radius 1 is 1.42 bits per heavy atom. The van der Waals surface area contributed by atoms with Crippen molar-refractivity contribution in [3.8, 4) is 0 Å². The van der Waals surface area contributed by atoms with Crippen LogP contribution < -0.4 is 16.4 Å². The van der Waals surface area contributed by atoms with Crippen molar-refractivity contribution in [1.29, 1.82) is 0 Å². The summed E-state index contributed by atoms with van der Waals surface area (Å²) in [4.78, 5) is 11.6. The average molecular weight is 316 g/mol. The third-order valence-electron chi connectivity index (χ3n) is 2.81. The Kier molecular flexibility index (Phi) is 3.99. The van der Waals surface area contributed by atoms with Crippen LogP contribution in [0.15, 0.2) is 29.5 Å². The highest BCUT2D eigenvalue weighted by Gasteiger charge is 2.29. The minimum Gasteiger partial charge on any atom is -0.366 e. The van der Waals surface area contributed by atoms with Crippen LogP contribution in [0.3, 0.4) is 0 Å². The van der Waals surface area contributed by atoms with Gasteiger partial charge in [0.2, 0.25) is 5.91 Å². The van der Waals surface area contributed by atoms with Crippen LogP contribution in [0.2, 0.25) is 10.0 Å². The number of thiocarbonyl (C=S) groups is 1. The van der Waals surface area contributed by atoms with Crippen LogP contribution in [0, 0.1) is 0 Å². The molecule has 1 aromatic rings. The van der Waals surface area contributed by atoms with Crippen molar-refractivity contribution in [3.63, 3.8) is 0 Å². The number of halogens is 2. The molecule has 19 heavy (non-hydrogen) atoms. The summed E-state index contributed by atoms with van der Waals surface area (Å²) in [6, 6.07) is 4.57. The molecule has 1 aliphatic rings. The van der Waals surface area contributed by atoms with E-state index in [-0.39, 0.29) is 0 Å². The first-order valence-electron chi connectivity index (χ1n) is 5.43. The topological polar surface area (TPSA) is 67.2 Å². The lowest BCUT2D eigenvalue weighted by Gasteiger charge is -2.30. The SMILES string of the molecule is CC1=C(C(N)=O)C(c2ccc(Cl)cc2Cl)NC(=S)N1. The monoisotopic (exact) mass is 315 g/mol. The fourth-order valence-electron chi connectivity index (χ4n) is 1.99. The standard InChI is InChI=1S/C12H11Cl2N3OS/c1-5-9(11(15)18)10(17-12(19)16-5)7-3-2-6(13)4-8(7)14/h2-4,10H,1H3,(H2,15,18)(H2,16,17,19). The number of benzene rings is 1. The van der Waals surface area contributed by atoms with Crippen molar-refractivity contribution in [1.82, 2.24) is 10.6 Å². The minimum absolute atomic E-state index is 0.401. The summed E-state index contributed by atoms with van der Waals surface area (Å²) in [7, 11) is 0. The van der Waals surface area contributed by atoms with Gasteiger partial charge >= 0.3 is 0 Å². The molecule has 0 saturated heterocycles. The van der Waals surface area contributed by atoms with Crippen molar-refractivity contribution < 1.29 is 4.79 Å². The molecule has 0 saturated carbocycles. The summed E-state index contributed by atoms with van der Waals surface area (Å²) in [6.45, 7) is 1.74. The number of allylic oxidation sites excluding steroid dienone is 1. The molecule has 1 atom stereocenters. The van der Waals surface area contributed by atoms with E-state index in [1.54, 1.807) is 25.1 Å².